The summed E-state index contributed by atoms with van der Waals surface area (Å²) in [7, 11) is 0. The molecule has 1 fully saturated rings. The maximum atomic E-state index is 5.89. The van der Waals surface area contributed by atoms with Gasteiger partial charge in [0.1, 0.15) is 0 Å². The fourth-order valence-corrected chi connectivity index (χ4v) is 1.98. The smallest absolute Gasteiger partial charge is 0.0600 e. The maximum absolute atomic E-state index is 5.89. The lowest BCUT2D eigenvalue weighted by atomic mass is 10.1. The Bertz CT molecular complexity index is 133. The molecule has 3 unspecified atom stereocenters. The van der Waals surface area contributed by atoms with Crippen LogP contribution in [-0.4, -0.2) is 12.7 Å². The number of hydrogen-bond donors (Lipinski definition) is 0. The summed E-state index contributed by atoms with van der Waals surface area (Å²) in [6, 6.07) is 0. The summed E-state index contributed by atoms with van der Waals surface area (Å²) in [5, 5.41) is 0. The van der Waals surface area contributed by atoms with E-state index in [-0.39, 0.29) is 0 Å². The predicted octanol–water partition coefficient (Wildman–Crippen LogP) is 3.63. The lowest BCUT2D eigenvalue weighted by molar-refractivity contribution is 0.0258. The van der Waals surface area contributed by atoms with E-state index in [1.165, 1.54) is 32.1 Å². The Labute approximate surface area is 82.9 Å². The van der Waals surface area contributed by atoms with Gasteiger partial charge < -0.3 is 4.74 Å². The van der Waals surface area contributed by atoms with E-state index >= 15 is 0 Å². The molecule has 0 saturated heterocycles. The fraction of sp³-hybridized carbons (Fsp3) is 1.00. The first-order chi connectivity index (χ1) is 6.24. The van der Waals surface area contributed by atoms with Gasteiger partial charge in [-0.3, -0.25) is 0 Å². The second kappa shape index (κ2) is 5.64. The highest BCUT2D eigenvalue weighted by Crippen LogP contribution is 2.27. The molecule has 1 saturated carbocycles. The van der Waals surface area contributed by atoms with Crippen molar-refractivity contribution in [3.05, 3.63) is 0 Å². The molecule has 0 aromatic carbocycles. The molecule has 0 N–H and O–H groups in total. The first-order valence-electron chi connectivity index (χ1n) is 5.85. The standard InChI is InChI=1S/C12H24O/c1-4-10(2)8-9-13-12-7-5-6-11(12)3/h10-12H,4-9H2,1-3H3. The predicted molar refractivity (Wildman–Crippen MR) is 56.8 cm³/mol. The molecule has 1 nitrogen and oxygen atoms in total. The van der Waals surface area contributed by atoms with Crippen molar-refractivity contribution in [1.82, 2.24) is 0 Å². The number of ether oxygens (including phenoxy) is 1. The highest BCUT2D eigenvalue weighted by atomic mass is 16.5. The van der Waals surface area contributed by atoms with Crippen molar-refractivity contribution in [3.8, 4) is 0 Å². The summed E-state index contributed by atoms with van der Waals surface area (Å²) in [5.74, 6) is 1.63. The van der Waals surface area contributed by atoms with Crippen molar-refractivity contribution in [3.63, 3.8) is 0 Å². The monoisotopic (exact) mass is 184 g/mol. The van der Waals surface area contributed by atoms with Crippen LogP contribution >= 0.6 is 0 Å². The molecule has 0 aromatic heterocycles. The summed E-state index contributed by atoms with van der Waals surface area (Å²) in [6.07, 6.45) is 7.12. The van der Waals surface area contributed by atoms with Crippen molar-refractivity contribution in [2.75, 3.05) is 6.61 Å². The largest absolute Gasteiger partial charge is 0.378 e. The van der Waals surface area contributed by atoms with Crippen LogP contribution < -0.4 is 0 Å². The van der Waals surface area contributed by atoms with E-state index in [9.17, 15) is 0 Å². The second-order valence-electron chi connectivity index (χ2n) is 4.62. The number of hydrogen-bond acceptors (Lipinski definition) is 1. The third-order valence-corrected chi connectivity index (χ3v) is 3.42. The van der Waals surface area contributed by atoms with Crippen LogP contribution in [0.25, 0.3) is 0 Å². The third-order valence-electron chi connectivity index (χ3n) is 3.42. The van der Waals surface area contributed by atoms with Crippen LogP contribution in [0, 0.1) is 11.8 Å². The van der Waals surface area contributed by atoms with E-state index in [0.717, 1.165) is 18.4 Å². The Morgan fingerprint density at radius 3 is 2.69 bits per heavy atom. The van der Waals surface area contributed by atoms with Gasteiger partial charge in [-0.25, -0.2) is 0 Å². The molecule has 0 heterocycles. The molecule has 0 aliphatic heterocycles. The van der Waals surface area contributed by atoms with Crippen molar-refractivity contribution < 1.29 is 4.74 Å². The molecule has 0 radical (unpaired) electrons. The maximum Gasteiger partial charge on any atom is 0.0600 e. The third kappa shape index (κ3) is 3.68. The Morgan fingerprint density at radius 1 is 1.38 bits per heavy atom. The lowest BCUT2D eigenvalue weighted by Gasteiger charge is -2.17. The minimum atomic E-state index is 0.573. The molecular formula is C12H24O. The van der Waals surface area contributed by atoms with Gasteiger partial charge in [-0.05, 0) is 31.1 Å². The zero-order valence-corrected chi connectivity index (χ0v) is 9.38. The summed E-state index contributed by atoms with van der Waals surface area (Å²) in [5.41, 5.74) is 0. The van der Waals surface area contributed by atoms with Crippen molar-refractivity contribution >= 4 is 0 Å². The van der Waals surface area contributed by atoms with E-state index < -0.39 is 0 Å². The van der Waals surface area contributed by atoms with Crippen molar-refractivity contribution in [2.24, 2.45) is 11.8 Å². The van der Waals surface area contributed by atoms with Gasteiger partial charge in [-0.15, -0.1) is 0 Å². The van der Waals surface area contributed by atoms with E-state index in [4.69, 9.17) is 4.74 Å². The number of rotatable bonds is 5. The first-order valence-corrected chi connectivity index (χ1v) is 5.85. The van der Waals surface area contributed by atoms with Gasteiger partial charge >= 0.3 is 0 Å². The SMILES string of the molecule is CCC(C)CCOC1CCCC1C. The molecule has 0 aromatic rings. The van der Waals surface area contributed by atoms with Crippen molar-refractivity contribution in [1.29, 1.82) is 0 Å². The summed E-state index contributed by atoms with van der Waals surface area (Å²) >= 11 is 0. The fourth-order valence-electron chi connectivity index (χ4n) is 1.98. The molecule has 1 aliphatic rings. The molecule has 1 heteroatoms. The minimum absolute atomic E-state index is 0.573. The lowest BCUT2D eigenvalue weighted by Crippen LogP contribution is -2.17. The Hall–Kier alpha value is -0.0400. The highest BCUT2D eigenvalue weighted by molar-refractivity contribution is 4.74. The van der Waals surface area contributed by atoms with E-state index in [1.54, 1.807) is 0 Å². The molecule has 78 valence electrons. The van der Waals surface area contributed by atoms with Crippen molar-refractivity contribution in [2.45, 2.75) is 59.0 Å². The van der Waals surface area contributed by atoms with Gasteiger partial charge in [-0.1, -0.05) is 33.6 Å². The van der Waals surface area contributed by atoms with Gasteiger partial charge in [0.25, 0.3) is 0 Å². The minimum Gasteiger partial charge on any atom is -0.378 e. The Morgan fingerprint density at radius 2 is 2.15 bits per heavy atom. The van der Waals surface area contributed by atoms with E-state index in [1.807, 2.05) is 0 Å². The van der Waals surface area contributed by atoms with Crippen LogP contribution in [-0.2, 0) is 4.74 Å². The van der Waals surface area contributed by atoms with Crippen LogP contribution in [0.3, 0.4) is 0 Å². The summed E-state index contributed by atoms with van der Waals surface area (Å²) < 4.78 is 5.89. The average molecular weight is 184 g/mol. The molecule has 0 bridgehead atoms. The first kappa shape index (κ1) is 11.0. The van der Waals surface area contributed by atoms with Gasteiger partial charge in [0.15, 0.2) is 0 Å². The Kier molecular flexibility index (Phi) is 4.79. The molecule has 0 amide bonds. The van der Waals surface area contributed by atoms with E-state index in [2.05, 4.69) is 20.8 Å². The van der Waals surface area contributed by atoms with Gasteiger partial charge in [0.05, 0.1) is 6.10 Å². The summed E-state index contributed by atoms with van der Waals surface area (Å²) in [4.78, 5) is 0. The van der Waals surface area contributed by atoms with Gasteiger partial charge in [0, 0.05) is 6.61 Å². The quantitative estimate of drug-likeness (QED) is 0.634. The van der Waals surface area contributed by atoms with Gasteiger partial charge in [-0.2, -0.15) is 0 Å². The zero-order valence-electron chi connectivity index (χ0n) is 9.38. The van der Waals surface area contributed by atoms with Crippen LogP contribution in [0.5, 0.6) is 0 Å². The van der Waals surface area contributed by atoms with Crippen LogP contribution in [0.15, 0.2) is 0 Å². The molecule has 1 rings (SSSR count). The Balaban J connectivity index is 2.05. The van der Waals surface area contributed by atoms with E-state index in [0.29, 0.717) is 6.10 Å². The molecule has 3 atom stereocenters. The molecule has 1 aliphatic carbocycles. The van der Waals surface area contributed by atoms with Crippen LogP contribution in [0.1, 0.15) is 52.9 Å². The molecular weight excluding hydrogens is 160 g/mol. The summed E-state index contributed by atoms with van der Waals surface area (Å²) in [6.45, 7) is 7.86. The van der Waals surface area contributed by atoms with Crippen LogP contribution in [0.2, 0.25) is 0 Å². The average Bonchev–Trinajstić information content (AvgIpc) is 2.52. The molecule has 0 spiro atoms. The van der Waals surface area contributed by atoms with Gasteiger partial charge in [0.2, 0.25) is 0 Å². The zero-order chi connectivity index (χ0) is 9.68. The normalized spacial score (nSPS) is 30.7. The second-order valence-corrected chi connectivity index (χ2v) is 4.62. The topological polar surface area (TPSA) is 9.23 Å². The van der Waals surface area contributed by atoms with Crippen LogP contribution in [0.4, 0.5) is 0 Å². The highest BCUT2D eigenvalue weighted by Gasteiger charge is 2.23. The molecule has 13 heavy (non-hydrogen) atoms.